The lowest BCUT2D eigenvalue weighted by Gasteiger charge is -2.12. The van der Waals surface area contributed by atoms with Gasteiger partial charge in [0.2, 0.25) is 16.6 Å². The summed E-state index contributed by atoms with van der Waals surface area (Å²) < 4.78 is 2.45. The Morgan fingerprint density at radius 3 is 1.53 bits per heavy atom. The highest BCUT2D eigenvalue weighted by Gasteiger charge is 2.24. The molecule has 3 heterocycles. The van der Waals surface area contributed by atoms with Gasteiger partial charge in [-0.05, 0) is 47.5 Å². The van der Waals surface area contributed by atoms with E-state index in [1.54, 1.807) is 0 Å². The molecule has 0 spiro atoms. The van der Waals surface area contributed by atoms with E-state index in [1.165, 1.54) is 60.0 Å². The van der Waals surface area contributed by atoms with Crippen molar-refractivity contribution in [3.05, 3.63) is 109 Å². The van der Waals surface area contributed by atoms with Crippen LogP contribution in [0.3, 0.4) is 0 Å². The van der Waals surface area contributed by atoms with Gasteiger partial charge < -0.3 is 0 Å². The van der Waals surface area contributed by atoms with Crippen molar-refractivity contribution in [2.45, 2.75) is 0 Å². The van der Waals surface area contributed by atoms with E-state index >= 15 is 0 Å². The van der Waals surface area contributed by atoms with Crippen molar-refractivity contribution in [3.63, 3.8) is 0 Å². The molecule has 0 radical (unpaired) electrons. The zero-order valence-electron chi connectivity index (χ0n) is 17.3. The van der Waals surface area contributed by atoms with E-state index in [0.29, 0.717) is 0 Å². The lowest BCUT2D eigenvalue weighted by atomic mass is 9.95. The van der Waals surface area contributed by atoms with Gasteiger partial charge in [0.15, 0.2) is 0 Å². The van der Waals surface area contributed by atoms with Crippen LogP contribution in [0.4, 0.5) is 0 Å². The van der Waals surface area contributed by atoms with Crippen molar-refractivity contribution in [2.75, 3.05) is 0 Å². The van der Waals surface area contributed by atoms with E-state index < -0.39 is 0 Å². The Bertz CT molecular complexity index is 1760. The number of hydrogen-bond acceptors (Lipinski definition) is 0. The third kappa shape index (κ3) is 2.21. The van der Waals surface area contributed by atoms with Gasteiger partial charge in [-0.2, -0.15) is 4.40 Å². The molecule has 146 valence electrons. The summed E-state index contributed by atoms with van der Waals surface area (Å²) in [7, 11) is 0. The lowest BCUT2D eigenvalue weighted by Crippen LogP contribution is -2.26. The second kappa shape index (κ2) is 6.30. The predicted molar refractivity (Wildman–Crippen MR) is 134 cm³/mol. The standard InChI is InChI=1S/C31H18N/c1-2-20-14-16-21(17-15-20)22-18-29-25-10-5-3-8-23(25)27-12-7-13-28-24-9-4-6-11-26(24)30(19-22)32(29)31(27)28/h1,3-19H/q+1. The van der Waals surface area contributed by atoms with Gasteiger partial charge >= 0.3 is 0 Å². The van der Waals surface area contributed by atoms with E-state index in [9.17, 15) is 0 Å². The second-order valence-electron chi connectivity index (χ2n) is 8.36. The molecule has 0 unspecified atom stereocenters. The fraction of sp³-hybridized carbons (Fsp3) is 0. The first-order valence-corrected chi connectivity index (χ1v) is 10.8. The van der Waals surface area contributed by atoms with Crippen LogP contribution >= 0.6 is 0 Å². The van der Waals surface area contributed by atoms with Crippen LogP contribution in [0, 0.1) is 12.3 Å². The number of pyridine rings is 3. The molecule has 0 fully saturated rings. The summed E-state index contributed by atoms with van der Waals surface area (Å²) in [6.45, 7) is 0. The SMILES string of the molecule is C#Cc1ccc(-c2cc3c4ccccc4c4cccc5c6ccccc6c(c2)[n+]3c45)cc1. The first kappa shape index (κ1) is 17.3. The molecule has 0 aliphatic rings. The molecule has 32 heavy (non-hydrogen) atoms. The van der Waals surface area contributed by atoms with E-state index in [1.807, 2.05) is 12.1 Å². The average Bonchev–Trinajstić information content (AvgIpc) is 2.88. The first-order valence-electron chi connectivity index (χ1n) is 10.8. The molecule has 0 aliphatic carbocycles. The molecule has 7 aromatic rings. The van der Waals surface area contributed by atoms with Crippen LogP contribution in [0.15, 0.2) is 103 Å². The van der Waals surface area contributed by atoms with Gasteiger partial charge in [-0.15, -0.1) is 6.42 Å². The van der Waals surface area contributed by atoms with Crippen LogP contribution in [0.5, 0.6) is 0 Å². The lowest BCUT2D eigenvalue weighted by molar-refractivity contribution is -0.448. The molecule has 0 N–H and O–H groups in total. The number of aromatic nitrogens is 1. The maximum absolute atomic E-state index is 5.58. The number of nitrogens with zero attached hydrogens (tertiary/aromatic N) is 1. The highest BCUT2D eigenvalue weighted by molar-refractivity contribution is 6.20. The number of rotatable bonds is 1. The van der Waals surface area contributed by atoms with Crippen molar-refractivity contribution < 1.29 is 4.40 Å². The highest BCUT2D eigenvalue weighted by atomic mass is 14.9. The summed E-state index contributed by atoms with van der Waals surface area (Å²) in [4.78, 5) is 0. The maximum Gasteiger partial charge on any atom is 0.227 e. The maximum atomic E-state index is 5.58. The minimum atomic E-state index is 0.900. The van der Waals surface area contributed by atoms with Gasteiger partial charge in [0.1, 0.15) is 0 Å². The molecular weight excluding hydrogens is 386 g/mol. The van der Waals surface area contributed by atoms with Crippen molar-refractivity contribution in [3.8, 4) is 23.5 Å². The number of hydrogen-bond donors (Lipinski definition) is 0. The zero-order valence-corrected chi connectivity index (χ0v) is 17.3. The van der Waals surface area contributed by atoms with Gasteiger partial charge in [-0.25, -0.2) is 0 Å². The van der Waals surface area contributed by atoms with Crippen molar-refractivity contribution in [1.82, 2.24) is 0 Å². The molecule has 1 nitrogen and oxygen atoms in total. The molecule has 0 saturated carbocycles. The number of terminal acetylenes is 1. The fourth-order valence-corrected chi connectivity index (χ4v) is 5.26. The normalized spacial score (nSPS) is 11.7. The topological polar surface area (TPSA) is 4.10 Å². The molecular formula is C31H18N+. The van der Waals surface area contributed by atoms with Crippen molar-refractivity contribution in [2.24, 2.45) is 0 Å². The smallest absolute Gasteiger partial charge is 0.152 e. The minimum absolute atomic E-state index is 0.900. The molecule has 0 aliphatic heterocycles. The van der Waals surface area contributed by atoms with E-state index in [4.69, 9.17) is 6.42 Å². The Morgan fingerprint density at radius 1 is 0.500 bits per heavy atom. The Labute approximate surface area is 185 Å². The molecule has 0 bridgehead atoms. The Hall–Kier alpha value is -4.41. The van der Waals surface area contributed by atoms with Gasteiger partial charge in [0.25, 0.3) is 0 Å². The molecule has 0 atom stereocenters. The zero-order chi connectivity index (χ0) is 21.2. The second-order valence-corrected chi connectivity index (χ2v) is 8.36. The predicted octanol–water partition coefficient (Wildman–Crippen LogP) is 7.12. The Kier molecular flexibility index (Phi) is 3.40. The molecule has 1 heteroatoms. The molecule has 7 rings (SSSR count). The number of fused-ring (bicyclic) bond motifs is 6. The third-order valence-corrected chi connectivity index (χ3v) is 6.70. The summed E-state index contributed by atoms with van der Waals surface area (Å²) >= 11 is 0. The van der Waals surface area contributed by atoms with Gasteiger partial charge in [-0.1, -0.05) is 60.5 Å². The van der Waals surface area contributed by atoms with Crippen LogP contribution in [-0.4, -0.2) is 0 Å². The molecule has 4 aromatic carbocycles. The third-order valence-electron chi connectivity index (χ3n) is 6.70. The number of para-hydroxylation sites is 1. The van der Waals surface area contributed by atoms with Gasteiger partial charge in [-0.3, -0.25) is 0 Å². The van der Waals surface area contributed by atoms with Gasteiger partial charge in [0.05, 0.1) is 21.5 Å². The molecule has 0 amide bonds. The molecule has 0 saturated heterocycles. The van der Waals surface area contributed by atoms with Gasteiger partial charge in [0, 0.05) is 28.5 Å². The van der Waals surface area contributed by atoms with Crippen LogP contribution < -0.4 is 4.40 Å². The van der Waals surface area contributed by atoms with Crippen LogP contribution in [0.1, 0.15) is 5.56 Å². The quantitative estimate of drug-likeness (QED) is 0.119. The fourth-order valence-electron chi connectivity index (χ4n) is 5.26. The number of benzene rings is 4. The summed E-state index contributed by atoms with van der Waals surface area (Å²) in [5.74, 6) is 2.72. The minimum Gasteiger partial charge on any atom is -0.152 e. The summed E-state index contributed by atoms with van der Waals surface area (Å²) in [5.41, 5.74) is 7.00. The summed E-state index contributed by atoms with van der Waals surface area (Å²) in [5, 5.41) is 7.68. The first-order chi connectivity index (χ1) is 15.8. The van der Waals surface area contributed by atoms with Crippen LogP contribution in [-0.2, 0) is 0 Å². The summed E-state index contributed by atoms with van der Waals surface area (Å²) in [6, 6.07) is 37.1. The average molecular weight is 404 g/mol. The largest absolute Gasteiger partial charge is 0.227 e. The molecule has 3 aromatic heterocycles. The highest BCUT2D eigenvalue weighted by Crippen LogP contribution is 2.36. The Morgan fingerprint density at radius 2 is 1.00 bits per heavy atom. The van der Waals surface area contributed by atoms with E-state index in [0.717, 1.165) is 5.56 Å². The van der Waals surface area contributed by atoms with E-state index in [-0.39, 0.29) is 0 Å². The summed E-state index contributed by atoms with van der Waals surface area (Å²) in [6.07, 6.45) is 5.58. The van der Waals surface area contributed by atoms with Crippen molar-refractivity contribution >= 4 is 48.9 Å². The van der Waals surface area contributed by atoms with Crippen LogP contribution in [0.25, 0.3) is 60.0 Å². The monoisotopic (exact) mass is 404 g/mol. The van der Waals surface area contributed by atoms with E-state index in [2.05, 4.69) is 101 Å². The Balaban J connectivity index is 1.78. The van der Waals surface area contributed by atoms with Crippen LogP contribution in [0.2, 0.25) is 0 Å². The van der Waals surface area contributed by atoms with Crippen molar-refractivity contribution in [1.29, 1.82) is 0 Å².